The van der Waals surface area contributed by atoms with E-state index in [4.69, 9.17) is 4.74 Å². The van der Waals surface area contributed by atoms with Crippen LogP contribution in [0, 0.1) is 0 Å². The standard InChI is InChI=1S/C27H46N2O3/c1-2-3-4-5-6-7-8-9-10-11-15-18-26(30)28-25(23-29-19-21-32-22-20-29)27(31)24-16-13-12-14-17-24/h12-14,16-17,25,27,31H,2-11,15,18-23H2,1H3,(H,28,30)/t25-,27-/m1/s1. The molecule has 1 saturated heterocycles. The number of hydrogen-bond donors (Lipinski definition) is 2. The van der Waals surface area contributed by atoms with E-state index in [0.29, 0.717) is 26.2 Å². The molecule has 32 heavy (non-hydrogen) atoms. The lowest BCUT2D eigenvalue weighted by Crippen LogP contribution is -2.49. The number of benzene rings is 1. The Labute approximate surface area is 195 Å². The van der Waals surface area contributed by atoms with Crippen LogP contribution in [0.3, 0.4) is 0 Å². The van der Waals surface area contributed by atoms with Gasteiger partial charge in [-0.05, 0) is 12.0 Å². The fourth-order valence-corrected chi connectivity index (χ4v) is 4.40. The first-order valence-corrected chi connectivity index (χ1v) is 13.0. The summed E-state index contributed by atoms with van der Waals surface area (Å²) in [5.41, 5.74) is 0.848. The van der Waals surface area contributed by atoms with Crippen molar-refractivity contribution >= 4 is 5.91 Å². The first kappa shape index (κ1) is 26.8. The molecule has 0 bridgehead atoms. The summed E-state index contributed by atoms with van der Waals surface area (Å²) in [5.74, 6) is 0.0502. The van der Waals surface area contributed by atoms with E-state index in [0.717, 1.165) is 31.5 Å². The van der Waals surface area contributed by atoms with E-state index in [1.54, 1.807) is 0 Å². The van der Waals surface area contributed by atoms with Crippen LogP contribution in [0.4, 0.5) is 0 Å². The zero-order valence-electron chi connectivity index (χ0n) is 20.3. The van der Waals surface area contributed by atoms with Crippen LogP contribution < -0.4 is 5.32 Å². The van der Waals surface area contributed by atoms with E-state index in [1.807, 2.05) is 30.3 Å². The quantitative estimate of drug-likeness (QED) is 0.321. The van der Waals surface area contributed by atoms with E-state index in [-0.39, 0.29) is 11.9 Å². The van der Waals surface area contributed by atoms with Crippen molar-refractivity contribution in [2.24, 2.45) is 0 Å². The van der Waals surface area contributed by atoms with Gasteiger partial charge >= 0.3 is 0 Å². The average Bonchev–Trinajstić information content (AvgIpc) is 2.83. The van der Waals surface area contributed by atoms with Crippen molar-refractivity contribution in [3.05, 3.63) is 35.9 Å². The molecule has 2 rings (SSSR count). The summed E-state index contributed by atoms with van der Waals surface area (Å²) in [6.07, 6.45) is 13.9. The van der Waals surface area contributed by atoms with Crippen molar-refractivity contribution in [1.29, 1.82) is 0 Å². The van der Waals surface area contributed by atoms with Gasteiger partial charge in [0, 0.05) is 26.1 Å². The molecule has 0 aliphatic carbocycles. The van der Waals surface area contributed by atoms with Gasteiger partial charge in [-0.1, -0.05) is 101 Å². The van der Waals surface area contributed by atoms with Gasteiger partial charge in [-0.2, -0.15) is 0 Å². The van der Waals surface area contributed by atoms with Crippen LogP contribution in [0.5, 0.6) is 0 Å². The minimum Gasteiger partial charge on any atom is -0.386 e. The van der Waals surface area contributed by atoms with E-state index in [2.05, 4.69) is 17.1 Å². The highest BCUT2D eigenvalue weighted by Gasteiger charge is 2.26. The van der Waals surface area contributed by atoms with Crippen LogP contribution in [-0.4, -0.2) is 54.8 Å². The van der Waals surface area contributed by atoms with Gasteiger partial charge in [-0.15, -0.1) is 0 Å². The molecule has 0 aromatic heterocycles. The van der Waals surface area contributed by atoms with Crippen molar-refractivity contribution in [3.63, 3.8) is 0 Å². The summed E-state index contributed by atoms with van der Waals surface area (Å²) in [6.45, 7) is 6.00. The van der Waals surface area contributed by atoms with Gasteiger partial charge < -0.3 is 15.2 Å². The number of rotatable bonds is 17. The van der Waals surface area contributed by atoms with Crippen LogP contribution in [-0.2, 0) is 9.53 Å². The lowest BCUT2D eigenvalue weighted by atomic mass is 10.0. The van der Waals surface area contributed by atoms with E-state index < -0.39 is 6.10 Å². The third kappa shape index (κ3) is 11.4. The van der Waals surface area contributed by atoms with Crippen LogP contribution in [0.1, 0.15) is 95.6 Å². The Bertz CT molecular complexity index is 590. The number of hydrogen-bond acceptors (Lipinski definition) is 4. The molecule has 2 atom stereocenters. The fraction of sp³-hybridized carbons (Fsp3) is 0.741. The summed E-state index contributed by atoms with van der Waals surface area (Å²) in [7, 11) is 0. The number of nitrogens with zero attached hydrogens (tertiary/aromatic N) is 1. The lowest BCUT2D eigenvalue weighted by molar-refractivity contribution is -0.123. The van der Waals surface area contributed by atoms with Crippen molar-refractivity contribution in [2.75, 3.05) is 32.8 Å². The molecule has 1 heterocycles. The van der Waals surface area contributed by atoms with Crippen LogP contribution in [0.25, 0.3) is 0 Å². The molecule has 5 nitrogen and oxygen atoms in total. The number of ether oxygens (including phenoxy) is 1. The van der Waals surface area contributed by atoms with Gasteiger partial charge in [0.25, 0.3) is 0 Å². The molecule has 1 aliphatic rings. The van der Waals surface area contributed by atoms with Gasteiger partial charge in [-0.25, -0.2) is 0 Å². The SMILES string of the molecule is CCCCCCCCCCCCCC(=O)N[C@H](CN1CCOCC1)[C@H](O)c1ccccc1. The number of aliphatic hydroxyl groups is 1. The normalized spacial score (nSPS) is 16.6. The summed E-state index contributed by atoms with van der Waals surface area (Å²) in [6, 6.07) is 9.34. The molecule has 1 fully saturated rings. The minimum absolute atomic E-state index is 0.0502. The summed E-state index contributed by atoms with van der Waals surface area (Å²) < 4.78 is 5.44. The van der Waals surface area contributed by atoms with Crippen molar-refractivity contribution in [2.45, 2.75) is 96.1 Å². The molecule has 0 unspecified atom stereocenters. The highest BCUT2D eigenvalue weighted by molar-refractivity contribution is 5.76. The smallest absolute Gasteiger partial charge is 0.220 e. The molecule has 2 N–H and O–H groups in total. The molecule has 182 valence electrons. The molecule has 1 amide bonds. The summed E-state index contributed by atoms with van der Waals surface area (Å²) in [5, 5.41) is 14.1. The van der Waals surface area contributed by atoms with Crippen LogP contribution >= 0.6 is 0 Å². The highest BCUT2D eigenvalue weighted by atomic mass is 16.5. The molecular formula is C27H46N2O3. The van der Waals surface area contributed by atoms with E-state index in [1.165, 1.54) is 57.8 Å². The largest absolute Gasteiger partial charge is 0.386 e. The molecule has 1 aromatic carbocycles. The molecule has 1 aromatic rings. The molecule has 0 spiro atoms. The third-order valence-corrected chi connectivity index (χ3v) is 6.43. The number of amides is 1. The minimum atomic E-state index is -0.708. The van der Waals surface area contributed by atoms with Crippen molar-refractivity contribution < 1.29 is 14.6 Å². The molecule has 5 heteroatoms. The number of unbranched alkanes of at least 4 members (excludes halogenated alkanes) is 10. The average molecular weight is 447 g/mol. The Hall–Kier alpha value is -1.43. The number of morpholine rings is 1. The predicted molar refractivity (Wildman–Crippen MR) is 132 cm³/mol. The van der Waals surface area contributed by atoms with E-state index in [9.17, 15) is 9.90 Å². The number of carbonyl (C=O) groups is 1. The summed E-state index contributed by atoms with van der Waals surface area (Å²) >= 11 is 0. The Morgan fingerprint density at radius 1 is 0.938 bits per heavy atom. The first-order valence-electron chi connectivity index (χ1n) is 13.0. The maximum absolute atomic E-state index is 12.6. The zero-order chi connectivity index (χ0) is 22.9. The highest BCUT2D eigenvalue weighted by Crippen LogP contribution is 2.19. The molecular weight excluding hydrogens is 400 g/mol. The number of carbonyl (C=O) groups excluding carboxylic acids is 1. The first-order chi connectivity index (χ1) is 15.7. The topological polar surface area (TPSA) is 61.8 Å². The predicted octanol–water partition coefficient (Wildman–Crippen LogP) is 5.24. The van der Waals surface area contributed by atoms with Gasteiger partial charge in [0.15, 0.2) is 0 Å². The second-order valence-corrected chi connectivity index (χ2v) is 9.23. The Balaban J connectivity index is 1.66. The Morgan fingerprint density at radius 3 is 2.09 bits per heavy atom. The number of aliphatic hydroxyl groups excluding tert-OH is 1. The van der Waals surface area contributed by atoms with Crippen LogP contribution in [0.15, 0.2) is 30.3 Å². The Kier molecular flexibility index (Phi) is 14.3. The second-order valence-electron chi connectivity index (χ2n) is 9.23. The van der Waals surface area contributed by atoms with E-state index >= 15 is 0 Å². The lowest BCUT2D eigenvalue weighted by Gasteiger charge is -2.33. The van der Waals surface area contributed by atoms with Crippen LogP contribution in [0.2, 0.25) is 0 Å². The van der Waals surface area contributed by atoms with Gasteiger partial charge in [-0.3, -0.25) is 9.69 Å². The van der Waals surface area contributed by atoms with Crippen molar-refractivity contribution in [1.82, 2.24) is 10.2 Å². The molecule has 0 saturated carbocycles. The zero-order valence-corrected chi connectivity index (χ0v) is 20.3. The number of nitrogens with one attached hydrogen (secondary N) is 1. The van der Waals surface area contributed by atoms with Crippen molar-refractivity contribution in [3.8, 4) is 0 Å². The maximum Gasteiger partial charge on any atom is 0.220 e. The monoisotopic (exact) mass is 446 g/mol. The fourth-order valence-electron chi connectivity index (χ4n) is 4.40. The van der Waals surface area contributed by atoms with Gasteiger partial charge in [0.05, 0.1) is 19.3 Å². The van der Waals surface area contributed by atoms with Gasteiger partial charge in [0.1, 0.15) is 6.10 Å². The van der Waals surface area contributed by atoms with Gasteiger partial charge in [0.2, 0.25) is 5.91 Å². The summed E-state index contributed by atoms with van der Waals surface area (Å²) in [4.78, 5) is 14.9. The Morgan fingerprint density at radius 2 is 1.50 bits per heavy atom. The molecule has 1 aliphatic heterocycles. The maximum atomic E-state index is 12.6. The second kappa shape index (κ2) is 17.1. The third-order valence-electron chi connectivity index (χ3n) is 6.43. The molecule has 0 radical (unpaired) electrons.